The molecule has 3 heteroatoms. The molecule has 0 unspecified atom stereocenters. The minimum absolute atomic E-state index is 0.0257. The van der Waals surface area contributed by atoms with Gasteiger partial charge in [-0.3, -0.25) is 4.79 Å². The van der Waals surface area contributed by atoms with Crippen molar-refractivity contribution in [1.82, 2.24) is 0 Å². The molecule has 4 aliphatic carbocycles. The second-order valence-corrected chi connectivity index (χ2v) is 11.8. The Balaban J connectivity index is 1.58. The Kier molecular flexibility index (Phi) is 5.85. The largest absolute Gasteiger partial charge is 0.393 e. The molecule has 4 aliphatic rings. The molecule has 0 aromatic carbocycles. The van der Waals surface area contributed by atoms with Gasteiger partial charge in [0.25, 0.3) is 0 Å². The van der Waals surface area contributed by atoms with Crippen LogP contribution in [0.1, 0.15) is 92.4 Å². The van der Waals surface area contributed by atoms with Gasteiger partial charge in [0.2, 0.25) is 0 Å². The number of carbonyl (C=O) groups excluding carboxylic acids is 1. The van der Waals surface area contributed by atoms with Crippen LogP contribution in [0.4, 0.5) is 0 Å². The molecule has 0 radical (unpaired) electrons. The molecule has 0 amide bonds. The highest BCUT2D eigenvalue weighted by molar-refractivity contribution is 5.79. The number of rotatable bonds is 5. The first-order chi connectivity index (χ1) is 14.1. The number of hydrogen-bond acceptors (Lipinski definition) is 3. The molecule has 0 aliphatic heterocycles. The lowest BCUT2D eigenvalue weighted by Crippen LogP contribution is -2.50. The first kappa shape index (κ1) is 22.3. The average molecular weight is 415 g/mol. The van der Waals surface area contributed by atoms with Crippen LogP contribution >= 0.6 is 0 Å². The Bertz CT molecular complexity index is 762. The number of allylic oxidation sites excluding steroid dienone is 4. The van der Waals surface area contributed by atoms with Crippen molar-refractivity contribution in [3.8, 4) is 0 Å². The molecule has 4 rings (SSSR count). The van der Waals surface area contributed by atoms with Crippen molar-refractivity contribution in [2.24, 2.45) is 34.5 Å². The van der Waals surface area contributed by atoms with E-state index in [1.807, 2.05) is 0 Å². The van der Waals surface area contributed by atoms with Gasteiger partial charge < -0.3 is 10.2 Å². The van der Waals surface area contributed by atoms with Crippen LogP contribution in [0, 0.1) is 34.5 Å². The fourth-order valence-electron chi connectivity index (χ4n) is 7.57. The molecular formula is C27H42O3. The lowest BCUT2D eigenvalue weighted by Gasteiger charge is -2.54. The third-order valence-corrected chi connectivity index (χ3v) is 9.51. The Labute approximate surface area is 183 Å². The molecule has 3 nitrogen and oxygen atoms in total. The van der Waals surface area contributed by atoms with E-state index >= 15 is 0 Å². The number of aliphatic hydroxyl groups is 2. The van der Waals surface area contributed by atoms with E-state index in [2.05, 4.69) is 40.7 Å². The molecule has 7 atom stereocenters. The van der Waals surface area contributed by atoms with E-state index in [9.17, 15) is 15.0 Å². The van der Waals surface area contributed by atoms with E-state index in [1.54, 1.807) is 16.7 Å². The van der Waals surface area contributed by atoms with Crippen molar-refractivity contribution in [2.75, 3.05) is 0 Å². The van der Waals surface area contributed by atoms with Crippen molar-refractivity contribution in [2.45, 2.75) is 105 Å². The SMILES string of the molecule is CC(C)CC(=O)C[C@@H](C)[C@]1(C)CCC2=C1CC=C1[C@H]2C[C@H](O)[C@@H]2C[C@@H](O)CC[C@]12C. The molecule has 0 aromatic heterocycles. The van der Waals surface area contributed by atoms with Gasteiger partial charge in [-0.25, -0.2) is 0 Å². The van der Waals surface area contributed by atoms with E-state index in [4.69, 9.17) is 0 Å². The third kappa shape index (κ3) is 3.54. The summed E-state index contributed by atoms with van der Waals surface area (Å²) in [6.45, 7) is 11.3. The van der Waals surface area contributed by atoms with Gasteiger partial charge in [0.05, 0.1) is 12.2 Å². The highest BCUT2D eigenvalue weighted by Gasteiger charge is 2.54. The van der Waals surface area contributed by atoms with E-state index in [0.717, 1.165) is 44.9 Å². The van der Waals surface area contributed by atoms with Gasteiger partial charge in [-0.1, -0.05) is 57.4 Å². The zero-order chi connectivity index (χ0) is 21.8. The van der Waals surface area contributed by atoms with Crippen molar-refractivity contribution in [3.63, 3.8) is 0 Å². The maximum atomic E-state index is 12.5. The predicted octanol–water partition coefficient (Wildman–Crippen LogP) is 5.60. The minimum atomic E-state index is -0.323. The topological polar surface area (TPSA) is 57.5 Å². The number of carbonyl (C=O) groups is 1. The van der Waals surface area contributed by atoms with Crippen LogP contribution in [0.5, 0.6) is 0 Å². The van der Waals surface area contributed by atoms with Crippen molar-refractivity contribution < 1.29 is 15.0 Å². The van der Waals surface area contributed by atoms with Crippen LogP contribution in [-0.4, -0.2) is 28.2 Å². The highest BCUT2D eigenvalue weighted by atomic mass is 16.3. The summed E-state index contributed by atoms with van der Waals surface area (Å²) in [5.74, 6) is 1.77. The summed E-state index contributed by atoms with van der Waals surface area (Å²) in [7, 11) is 0. The van der Waals surface area contributed by atoms with E-state index in [-0.39, 0.29) is 29.0 Å². The summed E-state index contributed by atoms with van der Waals surface area (Å²) in [6.07, 6.45) is 9.95. The zero-order valence-corrected chi connectivity index (χ0v) is 19.7. The maximum absolute atomic E-state index is 12.5. The lowest BCUT2D eigenvalue weighted by molar-refractivity contribution is -0.121. The fraction of sp³-hybridized carbons (Fsp3) is 0.815. The lowest BCUT2D eigenvalue weighted by atomic mass is 9.51. The van der Waals surface area contributed by atoms with Crippen LogP contribution in [0.25, 0.3) is 0 Å². The Morgan fingerprint density at radius 1 is 1.13 bits per heavy atom. The molecule has 0 spiro atoms. The normalized spacial score (nSPS) is 41.8. The molecule has 2 saturated carbocycles. The van der Waals surface area contributed by atoms with Gasteiger partial charge in [0.1, 0.15) is 5.78 Å². The van der Waals surface area contributed by atoms with E-state index in [0.29, 0.717) is 36.4 Å². The number of ketones is 1. The predicted molar refractivity (Wildman–Crippen MR) is 121 cm³/mol. The molecule has 2 fully saturated rings. The van der Waals surface area contributed by atoms with Gasteiger partial charge in [0, 0.05) is 18.8 Å². The molecular weight excluding hydrogens is 372 g/mol. The number of aliphatic hydroxyl groups excluding tert-OH is 2. The zero-order valence-electron chi connectivity index (χ0n) is 19.7. The third-order valence-electron chi connectivity index (χ3n) is 9.51. The summed E-state index contributed by atoms with van der Waals surface area (Å²) in [5, 5.41) is 21.3. The van der Waals surface area contributed by atoms with Gasteiger partial charge in [0.15, 0.2) is 0 Å². The fourth-order valence-corrected chi connectivity index (χ4v) is 7.57. The molecule has 168 valence electrons. The molecule has 0 aromatic rings. The molecule has 30 heavy (non-hydrogen) atoms. The standard InChI is InChI=1S/C27H42O3/c1-16(2)12-19(29)13-17(3)26(4)11-9-20-21-15-25(30)24-14-18(28)8-10-27(24,5)23(21)7-6-22(20)26/h7,16-18,21,24-25,28,30H,6,8-15H2,1-5H3/t17-,18+,21+,24+,25+,26+,27-/m1/s1. The van der Waals surface area contributed by atoms with Gasteiger partial charge in [-0.2, -0.15) is 0 Å². The van der Waals surface area contributed by atoms with Gasteiger partial charge in [-0.15, -0.1) is 0 Å². The Morgan fingerprint density at radius 2 is 1.87 bits per heavy atom. The minimum Gasteiger partial charge on any atom is -0.393 e. The van der Waals surface area contributed by atoms with Crippen LogP contribution in [0.3, 0.4) is 0 Å². The molecule has 0 bridgehead atoms. The smallest absolute Gasteiger partial charge is 0.133 e. The molecule has 0 heterocycles. The Morgan fingerprint density at radius 3 is 2.57 bits per heavy atom. The first-order valence-electron chi connectivity index (χ1n) is 12.4. The Hall–Kier alpha value is -0.930. The van der Waals surface area contributed by atoms with Gasteiger partial charge >= 0.3 is 0 Å². The summed E-state index contributed by atoms with van der Waals surface area (Å²) < 4.78 is 0. The van der Waals surface area contributed by atoms with Gasteiger partial charge in [-0.05, 0) is 73.5 Å². The van der Waals surface area contributed by atoms with E-state index in [1.165, 1.54) is 0 Å². The average Bonchev–Trinajstić information content (AvgIpc) is 3.01. The van der Waals surface area contributed by atoms with E-state index < -0.39 is 0 Å². The van der Waals surface area contributed by atoms with Crippen LogP contribution in [0.15, 0.2) is 22.8 Å². The van der Waals surface area contributed by atoms with Crippen LogP contribution in [0.2, 0.25) is 0 Å². The summed E-state index contributed by atoms with van der Waals surface area (Å²) in [5.41, 5.74) is 4.85. The second-order valence-electron chi connectivity index (χ2n) is 11.8. The first-order valence-corrected chi connectivity index (χ1v) is 12.4. The number of hydrogen-bond donors (Lipinski definition) is 2. The number of Topliss-reactive ketones (excluding diaryl/α,β-unsaturated/α-hetero) is 1. The van der Waals surface area contributed by atoms with Crippen LogP contribution in [-0.2, 0) is 4.79 Å². The quantitative estimate of drug-likeness (QED) is 0.576. The van der Waals surface area contributed by atoms with Crippen molar-refractivity contribution in [3.05, 3.63) is 22.8 Å². The van der Waals surface area contributed by atoms with Crippen molar-refractivity contribution >= 4 is 5.78 Å². The highest BCUT2D eigenvalue weighted by Crippen LogP contribution is 2.63. The van der Waals surface area contributed by atoms with Crippen molar-refractivity contribution in [1.29, 1.82) is 0 Å². The summed E-state index contributed by atoms with van der Waals surface area (Å²) in [4.78, 5) is 12.5. The number of fused-ring (bicyclic) bond motifs is 4. The maximum Gasteiger partial charge on any atom is 0.133 e. The summed E-state index contributed by atoms with van der Waals surface area (Å²) >= 11 is 0. The van der Waals surface area contributed by atoms with Crippen LogP contribution < -0.4 is 0 Å². The monoisotopic (exact) mass is 414 g/mol. The summed E-state index contributed by atoms with van der Waals surface area (Å²) in [6, 6.07) is 0. The molecule has 2 N–H and O–H groups in total. The molecule has 0 saturated heterocycles. The second kappa shape index (κ2) is 7.89.